The van der Waals surface area contributed by atoms with Gasteiger partial charge in [-0.15, -0.1) is 0 Å². The molecule has 162 valence electrons. The second kappa shape index (κ2) is 9.90. The van der Waals surface area contributed by atoms with Crippen molar-refractivity contribution in [1.29, 1.82) is 0 Å². The number of nitrogens with one attached hydrogen (secondary N) is 2. The smallest absolute Gasteiger partial charge is 0.292 e. The zero-order valence-corrected chi connectivity index (χ0v) is 18.0. The van der Waals surface area contributed by atoms with Crippen molar-refractivity contribution in [3.8, 4) is 5.75 Å². The Balaban J connectivity index is 1.33. The van der Waals surface area contributed by atoms with E-state index in [1.165, 1.54) is 20.3 Å². The van der Waals surface area contributed by atoms with Crippen molar-refractivity contribution in [3.05, 3.63) is 66.2 Å². The van der Waals surface area contributed by atoms with Gasteiger partial charge >= 0.3 is 0 Å². The van der Waals surface area contributed by atoms with Crippen LogP contribution >= 0.6 is 0 Å². The molecule has 2 N–H and O–H groups in total. The van der Waals surface area contributed by atoms with Crippen LogP contribution in [0.2, 0.25) is 0 Å². The summed E-state index contributed by atoms with van der Waals surface area (Å²) in [6, 6.07) is 17.3. The van der Waals surface area contributed by atoms with Gasteiger partial charge in [0, 0.05) is 6.07 Å². The zero-order chi connectivity index (χ0) is 21.6. The SMILES string of the molecule is CCOc1cccc(N2C(=O)C[C@H]([NH+]3CC[NH+](C/C=C/c4ccccc4)CC3)C2=O)c1. The molecule has 2 amide bonds. The Morgan fingerprint density at radius 2 is 1.81 bits per heavy atom. The van der Waals surface area contributed by atoms with Crippen LogP contribution in [0.1, 0.15) is 18.9 Å². The summed E-state index contributed by atoms with van der Waals surface area (Å²) in [4.78, 5) is 29.9. The Bertz CT molecular complexity index is 936. The number of quaternary nitrogens is 2. The second-order valence-electron chi connectivity index (χ2n) is 8.18. The molecule has 4 rings (SSSR count). The van der Waals surface area contributed by atoms with Crippen molar-refractivity contribution in [2.24, 2.45) is 0 Å². The summed E-state index contributed by atoms with van der Waals surface area (Å²) in [5.74, 6) is 0.481. The van der Waals surface area contributed by atoms with E-state index in [0.29, 0.717) is 18.0 Å². The van der Waals surface area contributed by atoms with Crippen LogP contribution < -0.4 is 19.4 Å². The Kier molecular flexibility index (Phi) is 6.79. The van der Waals surface area contributed by atoms with Gasteiger partial charge in [-0.1, -0.05) is 42.5 Å². The summed E-state index contributed by atoms with van der Waals surface area (Å²) in [6.07, 6.45) is 4.68. The molecule has 2 aliphatic rings. The molecule has 2 heterocycles. The van der Waals surface area contributed by atoms with Gasteiger partial charge in [-0.2, -0.15) is 0 Å². The lowest BCUT2D eigenvalue weighted by Crippen LogP contribution is -3.30. The summed E-state index contributed by atoms with van der Waals surface area (Å²) < 4.78 is 5.53. The number of hydrogen-bond donors (Lipinski definition) is 2. The fourth-order valence-electron chi connectivity index (χ4n) is 4.50. The molecule has 6 heteroatoms. The van der Waals surface area contributed by atoms with Crippen molar-refractivity contribution in [2.45, 2.75) is 19.4 Å². The largest absolute Gasteiger partial charge is 0.494 e. The van der Waals surface area contributed by atoms with E-state index in [1.807, 2.05) is 37.3 Å². The number of carbonyl (C=O) groups is 2. The molecule has 2 fully saturated rings. The number of piperazine rings is 1. The van der Waals surface area contributed by atoms with Crippen LogP contribution in [0.25, 0.3) is 6.08 Å². The van der Waals surface area contributed by atoms with Gasteiger partial charge in [-0.3, -0.25) is 9.59 Å². The normalized spacial score (nSPS) is 24.2. The lowest BCUT2D eigenvalue weighted by atomic mass is 10.1. The van der Waals surface area contributed by atoms with Crippen molar-refractivity contribution < 1.29 is 24.1 Å². The van der Waals surface area contributed by atoms with Gasteiger partial charge in [-0.05, 0) is 30.7 Å². The van der Waals surface area contributed by atoms with E-state index in [-0.39, 0.29) is 24.3 Å². The maximum absolute atomic E-state index is 13.1. The Morgan fingerprint density at radius 1 is 1.03 bits per heavy atom. The van der Waals surface area contributed by atoms with Crippen molar-refractivity contribution in [1.82, 2.24) is 0 Å². The summed E-state index contributed by atoms with van der Waals surface area (Å²) in [5, 5.41) is 0. The summed E-state index contributed by atoms with van der Waals surface area (Å²) in [5.41, 5.74) is 1.83. The fourth-order valence-corrected chi connectivity index (χ4v) is 4.50. The van der Waals surface area contributed by atoms with Crippen LogP contribution in [0.15, 0.2) is 60.7 Å². The third kappa shape index (κ3) is 5.03. The molecule has 0 saturated carbocycles. The van der Waals surface area contributed by atoms with E-state index in [9.17, 15) is 9.59 Å². The van der Waals surface area contributed by atoms with Gasteiger partial charge in [0.15, 0.2) is 6.04 Å². The maximum Gasteiger partial charge on any atom is 0.292 e. The molecule has 2 aliphatic heterocycles. The van der Waals surface area contributed by atoms with Crippen molar-refractivity contribution in [3.63, 3.8) is 0 Å². The molecule has 0 aromatic heterocycles. The minimum atomic E-state index is -0.273. The number of ether oxygens (including phenoxy) is 1. The molecular weight excluding hydrogens is 390 g/mol. The topological polar surface area (TPSA) is 55.5 Å². The molecule has 0 spiro atoms. The monoisotopic (exact) mass is 421 g/mol. The number of hydrogen-bond acceptors (Lipinski definition) is 3. The van der Waals surface area contributed by atoms with Gasteiger partial charge in [0.1, 0.15) is 31.9 Å². The van der Waals surface area contributed by atoms with E-state index >= 15 is 0 Å². The first kappa shape index (κ1) is 21.3. The first-order valence-electron chi connectivity index (χ1n) is 11.1. The lowest BCUT2D eigenvalue weighted by Gasteiger charge is -2.31. The quantitative estimate of drug-likeness (QED) is 0.629. The number of amides is 2. The average Bonchev–Trinajstić information content (AvgIpc) is 3.09. The highest BCUT2D eigenvalue weighted by molar-refractivity contribution is 6.21. The number of benzene rings is 2. The molecular formula is C25H31N3O3+2. The van der Waals surface area contributed by atoms with E-state index in [1.54, 1.807) is 12.1 Å². The van der Waals surface area contributed by atoms with Gasteiger partial charge in [-0.25, -0.2) is 4.90 Å². The summed E-state index contributed by atoms with van der Waals surface area (Å²) >= 11 is 0. The fraction of sp³-hybridized carbons (Fsp3) is 0.360. The molecule has 0 aliphatic carbocycles. The molecule has 2 saturated heterocycles. The first-order chi connectivity index (χ1) is 15.2. The third-order valence-electron chi connectivity index (χ3n) is 6.14. The molecule has 0 radical (unpaired) electrons. The molecule has 1 atom stereocenters. The molecule has 2 aromatic rings. The van der Waals surface area contributed by atoms with Gasteiger partial charge in [0.05, 0.1) is 25.3 Å². The van der Waals surface area contributed by atoms with Crippen LogP contribution in [-0.4, -0.2) is 57.2 Å². The Hall–Kier alpha value is -2.96. The van der Waals surface area contributed by atoms with Crippen LogP contribution in [0.4, 0.5) is 5.69 Å². The molecule has 31 heavy (non-hydrogen) atoms. The van der Waals surface area contributed by atoms with Crippen LogP contribution in [-0.2, 0) is 9.59 Å². The maximum atomic E-state index is 13.1. The number of carbonyl (C=O) groups excluding carboxylic acids is 2. The number of anilines is 1. The molecule has 0 unspecified atom stereocenters. The summed E-state index contributed by atoms with van der Waals surface area (Å²) in [6.45, 7) is 7.27. The highest BCUT2D eigenvalue weighted by Gasteiger charge is 2.46. The minimum absolute atomic E-state index is 0.0823. The highest BCUT2D eigenvalue weighted by Crippen LogP contribution is 2.26. The standard InChI is InChI=1S/C25H29N3O3/c1-2-31-22-12-6-11-21(18-22)28-24(29)19-23(25(28)30)27-16-14-26(15-17-27)13-7-10-20-8-4-3-5-9-20/h3-12,18,23H,2,13-17,19H2,1H3/p+2/b10-7+/t23-/m0/s1. The average molecular weight is 422 g/mol. The zero-order valence-electron chi connectivity index (χ0n) is 18.0. The lowest BCUT2D eigenvalue weighted by molar-refractivity contribution is -1.02. The number of nitrogens with zero attached hydrogens (tertiary/aromatic N) is 1. The summed E-state index contributed by atoms with van der Waals surface area (Å²) in [7, 11) is 0. The van der Waals surface area contributed by atoms with Crippen molar-refractivity contribution in [2.75, 3.05) is 44.2 Å². The van der Waals surface area contributed by atoms with Crippen LogP contribution in [0, 0.1) is 0 Å². The van der Waals surface area contributed by atoms with Gasteiger partial charge in [0.25, 0.3) is 5.91 Å². The van der Waals surface area contributed by atoms with Crippen LogP contribution in [0.5, 0.6) is 5.75 Å². The number of imide groups is 1. The highest BCUT2D eigenvalue weighted by atomic mass is 16.5. The molecule has 2 aromatic carbocycles. The second-order valence-corrected chi connectivity index (χ2v) is 8.18. The van der Waals surface area contributed by atoms with E-state index < -0.39 is 0 Å². The Morgan fingerprint density at radius 3 is 2.55 bits per heavy atom. The first-order valence-corrected chi connectivity index (χ1v) is 11.1. The van der Waals surface area contributed by atoms with E-state index in [0.717, 1.165) is 32.7 Å². The third-order valence-corrected chi connectivity index (χ3v) is 6.14. The number of rotatable bonds is 7. The van der Waals surface area contributed by atoms with Gasteiger partial charge < -0.3 is 14.5 Å². The predicted molar refractivity (Wildman–Crippen MR) is 120 cm³/mol. The van der Waals surface area contributed by atoms with Crippen LogP contribution in [0.3, 0.4) is 0 Å². The molecule has 6 nitrogen and oxygen atoms in total. The minimum Gasteiger partial charge on any atom is -0.494 e. The van der Waals surface area contributed by atoms with Gasteiger partial charge in [0.2, 0.25) is 5.91 Å². The van der Waals surface area contributed by atoms with E-state index in [4.69, 9.17) is 4.74 Å². The molecule has 0 bridgehead atoms. The van der Waals surface area contributed by atoms with Crippen molar-refractivity contribution >= 4 is 23.6 Å². The van der Waals surface area contributed by atoms with E-state index in [2.05, 4.69) is 24.3 Å². The predicted octanol–water partition coefficient (Wildman–Crippen LogP) is 0.214. The Labute approximate surface area is 183 Å².